The van der Waals surface area contributed by atoms with Gasteiger partial charge in [0.25, 0.3) is 20.0 Å². The molecular weight excluding hydrogens is 524 g/mol. The number of benzene rings is 3. The molecule has 0 saturated carbocycles. The topological polar surface area (TPSA) is 126 Å². The van der Waals surface area contributed by atoms with Crippen molar-refractivity contribution in [3.05, 3.63) is 109 Å². The number of nitrogens with one attached hydrogen (secondary N) is 2. The van der Waals surface area contributed by atoms with E-state index in [0.29, 0.717) is 17.8 Å². The molecule has 11 heteroatoms. The Morgan fingerprint density at radius 3 is 2.11 bits per heavy atom. The van der Waals surface area contributed by atoms with Crippen LogP contribution >= 0.6 is 0 Å². The Bertz CT molecular complexity index is 1610. The van der Waals surface area contributed by atoms with Gasteiger partial charge in [0.1, 0.15) is 12.4 Å². The molecule has 3 aromatic carbocycles. The molecule has 1 amide bonds. The van der Waals surface area contributed by atoms with Crippen LogP contribution in [0.1, 0.15) is 12.5 Å². The maximum absolute atomic E-state index is 13.6. The van der Waals surface area contributed by atoms with Crippen LogP contribution < -0.4 is 14.3 Å². The number of pyridine rings is 1. The average Bonchev–Trinajstić information content (AvgIpc) is 2.93. The second-order valence-electron chi connectivity index (χ2n) is 8.20. The third-order valence-electron chi connectivity index (χ3n) is 5.61. The largest absolute Gasteiger partial charge is 0.325 e. The highest BCUT2D eigenvalue weighted by Gasteiger charge is 2.28. The lowest BCUT2D eigenvalue weighted by molar-refractivity contribution is -0.114. The van der Waals surface area contributed by atoms with Crippen LogP contribution in [0.3, 0.4) is 0 Å². The maximum atomic E-state index is 13.6. The number of para-hydroxylation sites is 1. The minimum absolute atomic E-state index is 0.0219. The Morgan fingerprint density at radius 1 is 0.789 bits per heavy atom. The number of carbonyl (C=O) groups excluding carboxylic acids is 1. The summed E-state index contributed by atoms with van der Waals surface area (Å²) in [6.07, 6.45) is 2.04. The van der Waals surface area contributed by atoms with Gasteiger partial charge < -0.3 is 5.32 Å². The zero-order valence-electron chi connectivity index (χ0n) is 20.5. The zero-order valence-corrected chi connectivity index (χ0v) is 22.1. The first-order valence-corrected chi connectivity index (χ1v) is 14.6. The average molecular weight is 551 g/mol. The van der Waals surface area contributed by atoms with Gasteiger partial charge in [-0.05, 0) is 66.6 Å². The second kappa shape index (κ2) is 11.4. The third-order valence-corrected chi connectivity index (χ3v) is 8.76. The van der Waals surface area contributed by atoms with Crippen molar-refractivity contribution in [2.45, 2.75) is 23.1 Å². The molecule has 0 bridgehead atoms. The van der Waals surface area contributed by atoms with Crippen LogP contribution in [0.5, 0.6) is 0 Å². The van der Waals surface area contributed by atoms with E-state index < -0.39 is 32.5 Å². The first kappa shape index (κ1) is 26.8. The Labute approximate surface area is 222 Å². The number of amides is 1. The Kier molecular flexibility index (Phi) is 8.08. The zero-order chi connectivity index (χ0) is 27.2. The molecule has 0 atom stereocenters. The number of rotatable bonds is 10. The molecule has 1 heterocycles. The van der Waals surface area contributed by atoms with Gasteiger partial charge in [0.15, 0.2) is 0 Å². The fourth-order valence-corrected chi connectivity index (χ4v) is 6.23. The number of anilines is 3. The number of hydrogen-bond acceptors (Lipinski definition) is 6. The summed E-state index contributed by atoms with van der Waals surface area (Å²) in [5, 5.41) is 2.66. The minimum Gasteiger partial charge on any atom is -0.325 e. The van der Waals surface area contributed by atoms with E-state index in [-0.39, 0.29) is 15.6 Å². The summed E-state index contributed by atoms with van der Waals surface area (Å²) in [6, 6.07) is 25.3. The summed E-state index contributed by atoms with van der Waals surface area (Å²) < 4.78 is 55.9. The summed E-state index contributed by atoms with van der Waals surface area (Å²) in [6.45, 7) is 1.43. The minimum atomic E-state index is -4.05. The fraction of sp³-hybridized carbons (Fsp3) is 0.111. The van der Waals surface area contributed by atoms with Gasteiger partial charge >= 0.3 is 0 Å². The van der Waals surface area contributed by atoms with Crippen molar-refractivity contribution in [3.63, 3.8) is 0 Å². The Balaban J connectivity index is 1.55. The van der Waals surface area contributed by atoms with E-state index in [1.54, 1.807) is 42.5 Å². The van der Waals surface area contributed by atoms with E-state index in [0.717, 1.165) is 9.87 Å². The molecule has 196 valence electrons. The molecule has 0 aliphatic rings. The van der Waals surface area contributed by atoms with Gasteiger partial charge in [0.05, 0.1) is 15.5 Å². The summed E-state index contributed by atoms with van der Waals surface area (Å²) >= 11 is 0. The maximum Gasteiger partial charge on any atom is 0.264 e. The summed E-state index contributed by atoms with van der Waals surface area (Å²) in [4.78, 5) is 17.0. The van der Waals surface area contributed by atoms with E-state index in [2.05, 4.69) is 15.0 Å². The van der Waals surface area contributed by atoms with Crippen molar-refractivity contribution in [2.75, 3.05) is 20.9 Å². The van der Waals surface area contributed by atoms with E-state index in [1.807, 2.05) is 19.1 Å². The smallest absolute Gasteiger partial charge is 0.264 e. The first-order valence-electron chi connectivity index (χ1n) is 11.7. The van der Waals surface area contributed by atoms with Crippen LogP contribution in [0, 0.1) is 0 Å². The molecule has 9 nitrogen and oxygen atoms in total. The van der Waals surface area contributed by atoms with Crippen LogP contribution in [0.2, 0.25) is 0 Å². The summed E-state index contributed by atoms with van der Waals surface area (Å²) in [5.74, 6) is -0.408. The lowest BCUT2D eigenvalue weighted by Gasteiger charge is -2.26. The molecule has 0 saturated heterocycles. The molecule has 0 spiro atoms. The van der Waals surface area contributed by atoms with Gasteiger partial charge in [-0.2, -0.15) is 0 Å². The lowest BCUT2D eigenvalue weighted by atomic mass is 10.1. The van der Waals surface area contributed by atoms with Crippen LogP contribution in [0.25, 0.3) is 0 Å². The standard InChI is InChI=1S/C27H26N4O5S2/c1-2-21-10-6-7-13-25(21)31(38(35,36)24-11-4-3-5-12-24)20-27(32)29-22-15-17-23(18-16-22)37(33,34)30-26-14-8-9-19-28-26/h3-19H,2,20H2,1H3,(H,28,30)(H,29,32). The fourth-order valence-electron chi connectivity index (χ4n) is 3.74. The molecule has 4 rings (SSSR count). The van der Waals surface area contributed by atoms with Gasteiger partial charge in [0.2, 0.25) is 5.91 Å². The monoisotopic (exact) mass is 550 g/mol. The van der Waals surface area contributed by atoms with Crippen molar-refractivity contribution >= 4 is 43.1 Å². The molecule has 2 N–H and O–H groups in total. The lowest BCUT2D eigenvalue weighted by Crippen LogP contribution is -2.38. The molecule has 0 radical (unpaired) electrons. The molecule has 0 fully saturated rings. The highest BCUT2D eigenvalue weighted by atomic mass is 32.2. The van der Waals surface area contributed by atoms with E-state index in [4.69, 9.17) is 0 Å². The number of nitrogens with zero attached hydrogens (tertiary/aromatic N) is 2. The van der Waals surface area contributed by atoms with Crippen LogP contribution in [-0.4, -0.2) is 34.3 Å². The van der Waals surface area contributed by atoms with Gasteiger partial charge in [-0.1, -0.05) is 49.4 Å². The van der Waals surface area contributed by atoms with Crippen LogP contribution in [0.4, 0.5) is 17.2 Å². The summed E-state index contributed by atoms with van der Waals surface area (Å²) in [5.41, 5.74) is 1.50. The predicted octanol–water partition coefficient (Wildman–Crippen LogP) is 4.28. The van der Waals surface area contributed by atoms with Crippen molar-refractivity contribution in [3.8, 4) is 0 Å². The first-order chi connectivity index (χ1) is 18.2. The third kappa shape index (κ3) is 6.18. The SMILES string of the molecule is CCc1ccccc1N(CC(=O)Nc1ccc(S(=O)(=O)Nc2ccccn2)cc1)S(=O)(=O)c1ccccc1. The van der Waals surface area contributed by atoms with Crippen molar-refractivity contribution < 1.29 is 21.6 Å². The van der Waals surface area contributed by atoms with Crippen LogP contribution in [-0.2, 0) is 31.3 Å². The molecule has 0 aliphatic heterocycles. The number of aromatic nitrogens is 1. The number of sulfonamides is 2. The predicted molar refractivity (Wildman–Crippen MR) is 147 cm³/mol. The molecule has 0 aliphatic carbocycles. The highest BCUT2D eigenvalue weighted by Crippen LogP contribution is 2.27. The van der Waals surface area contributed by atoms with Gasteiger partial charge in [0, 0.05) is 11.9 Å². The highest BCUT2D eigenvalue weighted by molar-refractivity contribution is 7.93. The number of hydrogen-bond donors (Lipinski definition) is 2. The van der Waals surface area contributed by atoms with Gasteiger partial charge in [-0.3, -0.25) is 13.8 Å². The van der Waals surface area contributed by atoms with Crippen molar-refractivity contribution in [2.24, 2.45) is 0 Å². The second-order valence-corrected chi connectivity index (χ2v) is 11.7. The molecular formula is C27H26N4O5S2. The van der Waals surface area contributed by atoms with Crippen LogP contribution in [0.15, 0.2) is 113 Å². The molecule has 38 heavy (non-hydrogen) atoms. The van der Waals surface area contributed by atoms with Gasteiger partial charge in [-0.15, -0.1) is 0 Å². The quantitative estimate of drug-likeness (QED) is 0.304. The van der Waals surface area contributed by atoms with Crippen molar-refractivity contribution in [1.29, 1.82) is 0 Å². The molecule has 4 aromatic rings. The van der Waals surface area contributed by atoms with E-state index >= 15 is 0 Å². The van der Waals surface area contributed by atoms with Gasteiger partial charge in [-0.25, -0.2) is 21.8 Å². The Hall–Kier alpha value is -4.22. The van der Waals surface area contributed by atoms with E-state index in [1.165, 1.54) is 48.7 Å². The van der Waals surface area contributed by atoms with E-state index in [9.17, 15) is 21.6 Å². The normalized spacial score (nSPS) is 11.5. The van der Waals surface area contributed by atoms with Crippen molar-refractivity contribution in [1.82, 2.24) is 4.98 Å². The Morgan fingerprint density at radius 2 is 1.45 bits per heavy atom. The molecule has 1 aromatic heterocycles. The number of carbonyl (C=O) groups is 1. The molecule has 0 unspecified atom stereocenters. The number of aryl methyl sites for hydroxylation is 1. The summed E-state index contributed by atoms with van der Waals surface area (Å²) in [7, 11) is -7.93.